The van der Waals surface area contributed by atoms with Gasteiger partial charge in [-0.2, -0.15) is 0 Å². The number of hydrogen-bond donors (Lipinski definition) is 2. The summed E-state index contributed by atoms with van der Waals surface area (Å²) in [5.74, 6) is 1.09. The molecule has 0 bridgehead atoms. The smallest absolute Gasteiger partial charge is 0.141 e. The number of hydrogen-bond acceptors (Lipinski definition) is 5. The number of nitrogens with zero attached hydrogens (tertiary/aromatic N) is 2. The zero-order valence-electron chi connectivity index (χ0n) is 22.3. The highest BCUT2D eigenvalue weighted by atomic mass is 16.5. The summed E-state index contributed by atoms with van der Waals surface area (Å²) in [5, 5.41) is 23.1. The maximum absolute atomic E-state index is 10.2. The second-order valence-electron chi connectivity index (χ2n) is 10.1. The van der Waals surface area contributed by atoms with Crippen LogP contribution in [0, 0.1) is 0 Å². The van der Waals surface area contributed by atoms with Crippen LogP contribution in [0.2, 0.25) is 0 Å². The van der Waals surface area contributed by atoms with Crippen molar-refractivity contribution in [1.29, 1.82) is 0 Å². The first-order chi connectivity index (χ1) is 19.2. The standard InChI is InChI=1S/C34H36N2O3/c37-20-19-36(25-31-17-15-28-11-7-12-33(38)34(28)35-31)24-27-13-14-30-23-32(18-16-29(30)22-27)39-21-6-2-5-10-26-8-3-1-4-9-26/h1,3-4,7-9,11-18,22-23,37-38H,2,5-6,10,19-21,24-25H2. The molecule has 1 heterocycles. The Bertz CT molecular complexity index is 1500. The molecule has 0 amide bonds. The molecule has 0 radical (unpaired) electrons. The van der Waals surface area contributed by atoms with Gasteiger partial charge >= 0.3 is 0 Å². The molecule has 0 aliphatic rings. The lowest BCUT2D eigenvalue weighted by atomic mass is 10.1. The van der Waals surface area contributed by atoms with Gasteiger partial charge in [0.1, 0.15) is 17.0 Å². The van der Waals surface area contributed by atoms with Crippen molar-refractivity contribution in [3.05, 3.63) is 114 Å². The van der Waals surface area contributed by atoms with Gasteiger partial charge in [0, 0.05) is 25.0 Å². The lowest BCUT2D eigenvalue weighted by Crippen LogP contribution is -2.26. The van der Waals surface area contributed by atoms with Crippen molar-refractivity contribution in [2.75, 3.05) is 19.8 Å². The Balaban J connectivity index is 1.15. The number of aromatic nitrogens is 1. The summed E-state index contributed by atoms with van der Waals surface area (Å²) < 4.78 is 6.04. The van der Waals surface area contributed by atoms with Gasteiger partial charge in [0.2, 0.25) is 0 Å². The lowest BCUT2D eigenvalue weighted by molar-refractivity contribution is 0.183. The second kappa shape index (κ2) is 13.2. The largest absolute Gasteiger partial charge is 0.506 e. The maximum atomic E-state index is 10.2. The summed E-state index contributed by atoms with van der Waals surface area (Å²) >= 11 is 0. The number of rotatable bonds is 13. The number of para-hydroxylation sites is 1. The van der Waals surface area contributed by atoms with E-state index in [0.29, 0.717) is 25.2 Å². The summed E-state index contributed by atoms with van der Waals surface area (Å²) in [4.78, 5) is 6.84. The van der Waals surface area contributed by atoms with Crippen LogP contribution >= 0.6 is 0 Å². The average molecular weight is 521 g/mol. The highest BCUT2D eigenvalue weighted by Gasteiger charge is 2.10. The fraction of sp³-hybridized carbons (Fsp3) is 0.265. The van der Waals surface area contributed by atoms with Crippen LogP contribution in [-0.4, -0.2) is 39.9 Å². The molecule has 0 unspecified atom stereocenters. The van der Waals surface area contributed by atoms with Crippen LogP contribution in [0.4, 0.5) is 0 Å². The van der Waals surface area contributed by atoms with Gasteiger partial charge in [0.25, 0.3) is 0 Å². The molecule has 39 heavy (non-hydrogen) atoms. The van der Waals surface area contributed by atoms with E-state index >= 15 is 0 Å². The molecule has 5 heteroatoms. The molecule has 0 aliphatic heterocycles. The number of aromatic hydroxyl groups is 1. The van der Waals surface area contributed by atoms with Gasteiger partial charge in [0.05, 0.1) is 18.9 Å². The molecule has 1 aromatic heterocycles. The molecule has 0 aliphatic carbocycles. The molecule has 0 saturated carbocycles. The molecule has 5 nitrogen and oxygen atoms in total. The van der Waals surface area contributed by atoms with E-state index in [1.165, 1.54) is 22.9 Å². The molecule has 5 aromatic rings. The predicted molar refractivity (Wildman–Crippen MR) is 158 cm³/mol. The number of ether oxygens (including phenoxy) is 1. The van der Waals surface area contributed by atoms with Crippen molar-refractivity contribution in [1.82, 2.24) is 9.88 Å². The number of phenolic OH excluding ortho intramolecular Hbond substituents is 1. The zero-order valence-corrected chi connectivity index (χ0v) is 22.3. The Kier molecular flexibility index (Phi) is 9.05. The Hall–Kier alpha value is -3.93. The van der Waals surface area contributed by atoms with E-state index in [2.05, 4.69) is 70.5 Å². The fourth-order valence-electron chi connectivity index (χ4n) is 5.01. The summed E-state index contributed by atoms with van der Waals surface area (Å²) in [6.45, 7) is 2.62. The van der Waals surface area contributed by atoms with E-state index in [-0.39, 0.29) is 12.4 Å². The van der Waals surface area contributed by atoms with Gasteiger partial charge in [-0.1, -0.05) is 66.7 Å². The zero-order chi connectivity index (χ0) is 26.9. The van der Waals surface area contributed by atoms with E-state index in [9.17, 15) is 10.2 Å². The van der Waals surface area contributed by atoms with Crippen LogP contribution in [0.1, 0.15) is 36.1 Å². The summed E-state index contributed by atoms with van der Waals surface area (Å²) in [5.41, 5.74) is 4.04. The molecule has 0 saturated heterocycles. The molecule has 4 aromatic carbocycles. The first-order valence-electron chi connectivity index (χ1n) is 13.8. The minimum Gasteiger partial charge on any atom is -0.506 e. The predicted octanol–water partition coefficient (Wildman–Crippen LogP) is 6.88. The van der Waals surface area contributed by atoms with E-state index < -0.39 is 0 Å². The number of aliphatic hydroxyl groups excluding tert-OH is 1. The summed E-state index contributed by atoms with van der Waals surface area (Å²) in [6.07, 6.45) is 4.51. The third-order valence-corrected chi connectivity index (χ3v) is 7.06. The molecule has 0 spiro atoms. The first-order valence-corrected chi connectivity index (χ1v) is 13.8. The quantitative estimate of drug-likeness (QED) is 0.166. The number of pyridine rings is 1. The van der Waals surface area contributed by atoms with Gasteiger partial charge in [-0.25, -0.2) is 4.98 Å². The summed E-state index contributed by atoms with van der Waals surface area (Å²) in [6, 6.07) is 32.8. The van der Waals surface area contributed by atoms with Crippen LogP contribution in [0.3, 0.4) is 0 Å². The second-order valence-corrected chi connectivity index (χ2v) is 10.1. The van der Waals surface area contributed by atoms with Crippen LogP contribution in [-0.2, 0) is 19.5 Å². The third kappa shape index (κ3) is 7.34. The minimum absolute atomic E-state index is 0.0688. The fourth-order valence-corrected chi connectivity index (χ4v) is 5.01. The van der Waals surface area contributed by atoms with Crippen molar-refractivity contribution >= 4 is 21.7 Å². The monoisotopic (exact) mass is 520 g/mol. The minimum atomic E-state index is 0.0688. The molecule has 2 N–H and O–H groups in total. The maximum Gasteiger partial charge on any atom is 0.141 e. The Morgan fingerprint density at radius 1 is 0.692 bits per heavy atom. The highest BCUT2D eigenvalue weighted by molar-refractivity contribution is 5.85. The Morgan fingerprint density at radius 3 is 2.38 bits per heavy atom. The average Bonchev–Trinajstić information content (AvgIpc) is 2.96. The lowest BCUT2D eigenvalue weighted by Gasteiger charge is -2.21. The molecule has 200 valence electrons. The molecule has 0 fully saturated rings. The van der Waals surface area contributed by atoms with Crippen molar-refractivity contribution in [3.8, 4) is 11.5 Å². The van der Waals surface area contributed by atoms with Gasteiger partial charge in [0.15, 0.2) is 0 Å². The van der Waals surface area contributed by atoms with Crippen LogP contribution in [0.25, 0.3) is 21.7 Å². The molecule has 0 atom stereocenters. The van der Waals surface area contributed by atoms with E-state index in [0.717, 1.165) is 48.1 Å². The van der Waals surface area contributed by atoms with E-state index in [1.807, 2.05) is 30.3 Å². The number of phenols is 1. The van der Waals surface area contributed by atoms with Crippen molar-refractivity contribution in [3.63, 3.8) is 0 Å². The van der Waals surface area contributed by atoms with Crippen molar-refractivity contribution in [2.24, 2.45) is 0 Å². The van der Waals surface area contributed by atoms with Gasteiger partial charge in [-0.15, -0.1) is 0 Å². The third-order valence-electron chi connectivity index (χ3n) is 7.06. The molecule has 5 rings (SSSR count). The van der Waals surface area contributed by atoms with Gasteiger partial charge < -0.3 is 14.9 Å². The van der Waals surface area contributed by atoms with Crippen LogP contribution in [0.5, 0.6) is 11.5 Å². The number of fused-ring (bicyclic) bond motifs is 2. The normalized spacial score (nSPS) is 11.4. The topological polar surface area (TPSA) is 65.8 Å². The van der Waals surface area contributed by atoms with Crippen LogP contribution < -0.4 is 4.74 Å². The first kappa shape index (κ1) is 26.7. The number of aryl methyl sites for hydroxylation is 1. The van der Waals surface area contributed by atoms with Gasteiger partial charge in [-0.3, -0.25) is 4.90 Å². The Morgan fingerprint density at radius 2 is 1.51 bits per heavy atom. The number of unbranched alkanes of at least 4 members (excludes halogenated alkanes) is 2. The summed E-state index contributed by atoms with van der Waals surface area (Å²) in [7, 11) is 0. The van der Waals surface area contributed by atoms with E-state index in [1.54, 1.807) is 6.07 Å². The van der Waals surface area contributed by atoms with E-state index in [4.69, 9.17) is 4.74 Å². The highest BCUT2D eigenvalue weighted by Crippen LogP contribution is 2.25. The Labute approximate surface area is 230 Å². The SMILES string of the molecule is OCCN(Cc1ccc2cc(OCCCCCc3ccccc3)ccc2c1)Cc1ccc2cccc(O)c2n1. The number of aliphatic hydroxyl groups is 1. The van der Waals surface area contributed by atoms with Crippen molar-refractivity contribution in [2.45, 2.75) is 38.8 Å². The van der Waals surface area contributed by atoms with Crippen molar-refractivity contribution < 1.29 is 14.9 Å². The molecular formula is C34H36N2O3. The number of benzene rings is 4. The molecular weight excluding hydrogens is 484 g/mol. The van der Waals surface area contributed by atoms with Gasteiger partial charge in [-0.05, 0) is 77.9 Å². The van der Waals surface area contributed by atoms with Crippen LogP contribution in [0.15, 0.2) is 97.1 Å².